The molecule has 0 radical (unpaired) electrons. The van der Waals surface area contributed by atoms with Crippen molar-refractivity contribution in [3.8, 4) is 11.3 Å². The Morgan fingerprint density at radius 2 is 1.91 bits per heavy atom. The standard InChI is InChI=1S/C25H21N5O4/c1-15-20(31)17-9-5-10-18(22(17)34-21(15)16-7-3-2-4-8-16)25(32)33-12-6-11-30-14-29-19-23(26)27-13-28-24(19)30/h2-5,7-10,13-14H,6,11-12H2,1H3,(H2,26,27,28). The fraction of sp³-hybridized carbons (Fsp3) is 0.160. The number of ether oxygens (including phenoxy) is 1. The van der Waals surface area contributed by atoms with Gasteiger partial charge in [-0.15, -0.1) is 0 Å². The average Bonchev–Trinajstić information content (AvgIpc) is 3.28. The summed E-state index contributed by atoms with van der Waals surface area (Å²) in [6.45, 7) is 2.41. The summed E-state index contributed by atoms with van der Waals surface area (Å²) >= 11 is 0. The van der Waals surface area contributed by atoms with E-state index < -0.39 is 5.97 Å². The normalized spacial score (nSPS) is 11.2. The summed E-state index contributed by atoms with van der Waals surface area (Å²) in [7, 11) is 0. The minimum Gasteiger partial charge on any atom is -0.462 e. The largest absolute Gasteiger partial charge is 0.462 e. The van der Waals surface area contributed by atoms with Gasteiger partial charge in [-0.1, -0.05) is 36.4 Å². The third-order valence-corrected chi connectivity index (χ3v) is 5.61. The molecule has 3 heterocycles. The molecule has 2 aromatic carbocycles. The summed E-state index contributed by atoms with van der Waals surface area (Å²) in [6, 6.07) is 14.2. The smallest absolute Gasteiger partial charge is 0.341 e. The lowest BCUT2D eigenvalue weighted by atomic mass is 10.0. The number of hydrogen-bond donors (Lipinski definition) is 1. The number of anilines is 1. The number of benzene rings is 2. The molecule has 5 aromatic rings. The van der Waals surface area contributed by atoms with Gasteiger partial charge in [-0.2, -0.15) is 0 Å². The minimum absolute atomic E-state index is 0.164. The highest BCUT2D eigenvalue weighted by molar-refractivity contribution is 6.02. The first kappa shape index (κ1) is 21.3. The Hall–Kier alpha value is -4.53. The highest BCUT2D eigenvalue weighted by Crippen LogP contribution is 2.27. The second-order valence-electron chi connectivity index (χ2n) is 7.79. The molecular weight excluding hydrogens is 434 g/mol. The Morgan fingerprint density at radius 1 is 1.09 bits per heavy atom. The number of carbonyl (C=O) groups excluding carboxylic acids is 1. The number of aryl methyl sites for hydroxylation is 1. The lowest BCUT2D eigenvalue weighted by Gasteiger charge is -2.10. The Bertz CT molecular complexity index is 1570. The van der Waals surface area contributed by atoms with Gasteiger partial charge in [0.15, 0.2) is 22.5 Å². The number of para-hydroxylation sites is 1. The maximum atomic E-state index is 13.0. The first-order valence-electron chi connectivity index (χ1n) is 10.7. The molecule has 0 saturated heterocycles. The molecule has 0 unspecified atom stereocenters. The zero-order chi connectivity index (χ0) is 23.7. The van der Waals surface area contributed by atoms with Gasteiger partial charge in [0.2, 0.25) is 0 Å². The van der Waals surface area contributed by atoms with Crippen molar-refractivity contribution in [1.29, 1.82) is 0 Å². The van der Waals surface area contributed by atoms with E-state index in [1.54, 1.807) is 31.5 Å². The Morgan fingerprint density at radius 3 is 2.74 bits per heavy atom. The van der Waals surface area contributed by atoms with E-state index in [-0.39, 0.29) is 23.2 Å². The first-order chi connectivity index (χ1) is 16.5. The monoisotopic (exact) mass is 455 g/mol. The number of carbonyl (C=O) groups is 1. The quantitative estimate of drug-likeness (QED) is 0.303. The number of fused-ring (bicyclic) bond motifs is 2. The van der Waals surface area contributed by atoms with Crippen LogP contribution in [-0.4, -0.2) is 32.1 Å². The molecule has 0 bridgehead atoms. The fourth-order valence-electron chi connectivity index (χ4n) is 3.88. The SMILES string of the molecule is Cc1c(-c2ccccc2)oc2c(C(=O)OCCCn3cnc4c(N)ncnc43)cccc2c1=O. The predicted octanol–water partition coefficient (Wildman–Crippen LogP) is 3.74. The van der Waals surface area contributed by atoms with Gasteiger partial charge in [0.25, 0.3) is 0 Å². The zero-order valence-corrected chi connectivity index (χ0v) is 18.4. The summed E-state index contributed by atoms with van der Waals surface area (Å²) in [5, 5.41) is 0.341. The molecule has 0 aliphatic rings. The number of aromatic nitrogens is 4. The molecule has 0 spiro atoms. The molecule has 0 aliphatic heterocycles. The van der Waals surface area contributed by atoms with Crippen LogP contribution in [0.3, 0.4) is 0 Å². The van der Waals surface area contributed by atoms with Crippen LogP contribution in [0.1, 0.15) is 22.3 Å². The Balaban J connectivity index is 1.36. The summed E-state index contributed by atoms with van der Waals surface area (Å²) in [4.78, 5) is 38.2. The molecule has 170 valence electrons. The van der Waals surface area contributed by atoms with Crippen LogP contribution in [-0.2, 0) is 11.3 Å². The summed E-state index contributed by atoms with van der Waals surface area (Å²) < 4.78 is 13.4. The molecule has 0 fully saturated rings. The minimum atomic E-state index is -0.557. The van der Waals surface area contributed by atoms with Crippen molar-refractivity contribution < 1.29 is 13.9 Å². The molecule has 5 rings (SSSR count). The van der Waals surface area contributed by atoms with Crippen LogP contribution in [0.15, 0.2) is 70.4 Å². The molecule has 0 aliphatic carbocycles. The van der Waals surface area contributed by atoms with Gasteiger partial charge in [0.1, 0.15) is 23.2 Å². The number of rotatable bonds is 6. The van der Waals surface area contributed by atoms with E-state index in [9.17, 15) is 9.59 Å². The lowest BCUT2D eigenvalue weighted by Crippen LogP contribution is -2.12. The highest BCUT2D eigenvalue weighted by atomic mass is 16.5. The van der Waals surface area contributed by atoms with Crippen LogP contribution in [0.5, 0.6) is 0 Å². The predicted molar refractivity (Wildman–Crippen MR) is 127 cm³/mol. The van der Waals surface area contributed by atoms with Gasteiger partial charge in [0, 0.05) is 17.7 Å². The second kappa shape index (κ2) is 8.78. The topological polar surface area (TPSA) is 126 Å². The lowest BCUT2D eigenvalue weighted by molar-refractivity contribution is 0.0497. The Kier molecular flexibility index (Phi) is 5.51. The second-order valence-corrected chi connectivity index (χ2v) is 7.79. The van der Waals surface area contributed by atoms with Crippen molar-refractivity contribution in [2.24, 2.45) is 0 Å². The molecule has 3 aromatic heterocycles. The van der Waals surface area contributed by atoms with Gasteiger partial charge in [-0.05, 0) is 25.5 Å². The third kappa shape index (κ3) is 3.77. The van der Waals surface area contributed by atoms with Crippen molar-refractivity contribution >= 4 is 33.9 Å². The summed E-state index contributed by atoms with van der Waals surface area (Å²) in [5.74, 6) is 0.197. The number of imidazole rings is 1. The molecule has 2 N–H and O–H groups in total. The maximum absolute atomic E-state index is 13.0. The summed E-state index contributed by atoms with van der Waals surface area (Å²) in [6.07, 6.45) is 3.55. The van der Waals surface area contributed by atoms with E-state index >= 15 is 0 Å². The number of hydrogen-bond acceptors (Lipinski definition) is 8. The first-order valence-corrected chi connectivity index (χ1v) is 10.7. The van der Waals surface area contributed by atoms with Gasteiger partial charge in [0.05, 0.1) is 18.3 Å². The number of nitrogens with two attached hydrogens (primary N) is 1. The molecule has 9 heteroatoms. The summed E-state index contributed by atoms with van der Waals surface area (Å²) in [5.41, 5.74) is 8.47. The van der Waals surface area contributed by atoms with Crippen LogP contribution in [0, 0.1) is 6.92 Å². The van der Waals surface area contributed by atoms with E-state index in [4.69, 9.17) is 14.9 Å². The van der Waals surface area contributed by atoms with Gasteiger partial charge < -0.3 is 19.5 Å². The highest BCUT2D eigenvalue weighted by Gasteiger charge is 2.19. The molecule has 0 amide bonds. The van der Waals surface area contributed by atoms with Crippen LogP contribution < -0.4 is 11.2 Å². The van der Waals surface area contributed by atoms with Crippen LogP contribution in [0.25, 0.3) is 33.5 Å². The zero-order valence-electron chi connectivity index (χ0n) is 18.4. The van der Waals surface area contributed by atoms with E-state index in [0.29, 0.717) is 46.7 Å². The molecule has 34 heavy (non-hydrogen) atoms. The van der Waals surface area contributed by atoms with Gasteiger partial charge >= 0.3 is 5.97 Å². The average molecular weight is 455 g/mol. The Labute approximate surface area is 193 Å². The molecule has 0 saturated carbocycles. The van der Waals surface area contributed by atoms with E-state index in [0.717, 1.165) is 5.56 Å². The van der Waals surface area contributed by atoms with Crippen molar-refractivity contribution in [3.63, 3.8) is 0 Å². The van der Waals surface area contributed by atoms with Gasteiger partial charge in [-0.25, -0.2) is 19.7 Å². The molecular formula is C25H21N5O4. The third-order valence-electron chi connectivity index (χ3n) is 5.61. The van der Waals surface area contributed by atoms with Crippen molar-refractivity contribution in [2.45, 2.75) is 19.9 Å². The maximum Gasteiger partial charge on any atom is 0.341 e. The van der Waals surface area contributed by atoms with Crippen LogP contribution in [0.4, 0.5) is 5.82 Å². The van der Waals surface area contributed by atoms with Crippen molar-refractivity contribution in [1.82, 2.24) is 19.5 Å². The van der Waals surface area contributed by atoms with Crippen LogP contribution >= 0.6 is 0 Å². The van der Waals surface area contributed by atoms with Gasteiger partial charge in [-0.3, -0.25) is 4.79 Å². The van der Waals surface area contributed by atoms with Crippen molar-refractivity contribution in [2.75, 3.05) is 12.3 Å². The molecule has 9 nitrogen and oxygen atoms in total. The van der Waals surface area contributed by atoms with E-state index in [2.05, 4.69) is 15.0 Å². The van der Waals surface area contributed by atoms with E-state index in [1.165, 1.54) is 6.33 Å². The molecule has 0 atom stereocenters. The number of nitrogens with zero attached hydrogens (tertiary/aromatic N) is 4. The van der Waals surface area contributed by atoms with E-state index in [1.807, 2.05) is 34.9 Å². The number of nitrogen functional groups attached to an aromatic ring is 1. The number of esters is 1. The fourth-order valence-corrected chi connectivity index (χ4v) is 3.88. The van der Waals surface area contributed by atoms with Crippen LogP contribution in [0.2, 0.25) is 0 Å². The van der Waals surface area contributed by atoms with Crippen molar-refractivity contribution in [3.05, 3.63) is 82.5 Å².